The van der Waals surface area contributed by atoms with E-state index in [1.54, 1.807) is 31.4 Å². The highest BCUT2D eigenvalue weighted by Crippen LogP contribution is 2.28. The number of benzene rings is 3. The monoisotopic (exact) mass is 478 g/mol. The molecule has 0 saturated carbocycles. The lowest BCUT2D eigenvalue weighted by atomic mass is 9.87. The lowest BCUT2D eigenvalue weighted by Gasteiger charge is -2.28. The molecule has 3 aromatic carbocycles. The number of carbonyl (C=O) groups excluding carboxylic acids is 1. The minimum Gasteiger partial charge on any atom is -0.497 e. The predicted molar refractivity (Wildman–Crippen MR) is 134 cm³/mol. The van der Waals surface area contributed by atoms with E-state index in [1.807, 2.05) is 42.5 Å². The molecule has 3 aromatic rings. The van der Waals surface area contributed by atoms with Crippen molar-refractivity contribution in [2.24, 2.45) is 0 Å². The summed E-state index contributed by atoms with van der Waals surface area (Å²) in [6.07, 6.45) is 0.618. The molecule has 178 valence electrons. The number of nitrogens with zero attached hydrogens (tertiary/aromatic N) is 1. The molecule has 0 radical (unpaired) electrons. The van der Waals surface area contributed by atoms with Crippen molar-refractivity contribution < 1.29 is 17.9 Å². The molecule has 0 unspecified atom stereocenters. The van der Waals surface area contributed by atoms with Gasteiger partial charge in [0.25, 0.3) is 5.91 Å². The Labute approximate surface area is 201 Å². The number of rotatable bonds is 5. The SMILES string of the molecule is COc1ccc(S(=O)(=O)N2CCc3ccc(NC(=O)c4ccc(C(C)(C)C)cc4)cc3C2)cc1. The molecule has 0 aliphatic carbocycles. The van der Waals surface area contributed by atoms with Crippen molar-refractivity contribution in [3.05, 3.63) is 89.0 Å². The van der Waals surface area contributed by atoms with Crippen molar-refractivity contribution in [3.63, 3.8) is 0 Å². The van der Waals surface area contributed by atoms with Crippen LogP contribution < -0.4 is 10.1 Å². The molecule has 1 N–H and O–H groups in total. The minimum atomic E-state index is -3.63. The Morgan fingerprint density at radius 1 is 0.941 bits per heavy atom. The largest absolute Gasteiger partial charge is 0.497 e. The van der Waals surface area contributed by atoms with Gasteiger partial charge in [0.2, 0.25) is 10.0 Å². The van der Waals surface area contributed by atoms with Crippen LogP contribution in [-0.2, 0) is 28.4 Å². The van der Waals surface area contributed by atoms with Crippen LogP contribution in [0.15, 0.2) is 71.6 Å². The number of carbonyl (C=O) groups is 1. The third-order valence-corrected chi connectivity index (χ3v) is 8.01. The van der Waals surface area contributed by atoms with Crippen molar-refractivity contribution >= 4 is 21.6 Å². The first-order valence-corrected chi connectivity index (χ1v) is 12.7. The summed E-state index contributed by atoms with van der Waals surface area (Å²) in [7, 11) is -2.09. The molecule has 0 saturated heterocycles. The predicted octanol–water partition coefficient (Wildman–Crippen LogP) is 4.99. The molecular weight excluding hydrogens is 448 g/mol. The highest BCUT2D eigenvalue weighted by atomic mass is 32.2. The number of fused-ring (bicyclic) bond motifs is 1. The summed E-state index contributed by atoms with van der Waals surface area (Å²) in [4.78, 5) is 13.0. The van der Waals surface area contributed by atoms with Gasteiger partial charge in [-0.05, 0) is 77.1 Å². The second-order valence-corrected chi connectivity index (χ2v) is 11.5. The molecule has 0 aromatic heterocycles. The van der Waals surface area contributed by atoms with E-state index in [4.69, 9.17) is 4.74 Å². The lowest BCUT2D eigenvalue weighted by Crippen LogP contribution is -2.36. The standard InChI is InChI=1S/C27H30N2O4S/c1-27(2,3)22-8-5-20(6-9-22)26(30)28-23-10-7-19-15-16-29(18-21(19)17-23)34(31,32)25-13-11-24(33-4)12-14-25/h5-14,17H,15-16,18H2,1-4H3,(H,28,30). The molecule has 1 heterocycles. The molecule has 0 fully saturated rings. The van der Waals surface area contributed by atoms with Gasteiger partial charge >= 0.3 is 0 Å². The summed E-state index contributed by atoms with van der Waals surface area (Å²) >= 11 is 0. The second kappa shape index (κ2) is 9.24. The number of anilines is 1. The third kappa shape index (κ3) is 5.00. The number of methoxy groups -OCH3 is 1. The molecule has 1 aliphatic rings. The zero-order chi connectivity index (χ0) is 24.5. The van der Waals surface area contributed by atoms with E-state index in [-0.39, 0.29) is 22.8 Å². The van der Waals surface area contributed by atoms with E-state index in [0.717, 1.165) is 16.7 Å². The van der Waals surface area contributed by atoms with Gasteiger partial charge in [-0.1, -0.05) is 39.0 Å². The highest BCUT2D eigenvalue weighted by Gasteiger charge is 2.28. The average Bonchev–Trinajstić information content (AvgIpc) is 2.83. The molecule has 7 heteroatoms. The number of hydrogen-bond donors (Lipinski definition) is 1. The van der Waals surface area contributed by atoms with E-state index < -0.39 is 10.0 Å². The maximum absolute atomic E-state index is 13.2. The average molecular weight is 479 g/mol. The van der Waals surface area contributed by atoms with Gasteiger partial charge in [-0.25, -0.2) is 8.42 Å². The molecule has 34 heavy (non-hydrogen) atoms. The van der Waals surface area contributed by atoms with Crippen LogP contribution >= 0.6 is 0 Å². The van der Waals surface area contributed by atoms with Crippen LogP contribution in [0.2, 0.25) is 0 Å². The maximum atomic E-state index is 13.2. The van der Waals surface area contributed by atoms with Crippen LogP contribution in [0.4, 0.5) is 5.69 Å². The lowest BCUT2D eigenvalue weighted by molar-refractivity contribution is 0.102. The van der Waals surface area contributed by atoms with Gasteiger partial charge in [0.1, 0.15) is 5.75 Å². The van der Waals surface area contributed by atoms with Crippen molar-refractivity contribution in [1.82, 2.24) is 4.31 Å². The Balaban J connectivity index is 1.50. The molecule has 0 bridgehead atoms. The normalized spacial score (nSPS) is 14.4. The number of hydrogen-bond acceptors (Lipinski definition) is 4. The fraction of sp³-hybridized carbons (Fsp3) is 0.296. The van der Waals surface area contributed by atoms with Crippen molar-refractivity contribution in [2.45, 2.75) is 44.0 Å². The van der Waals surface area contributed by atoms with Crippen LogP contribution in [0.3, 0.4) is 0 Å². The van der Waals surface area contributed by atoms with Crippen LogP contribution in [0.25, 0.3) is 0 Å². The molecule has 1 aliphatic heterocycles. The first-order valence-electron chi connectivity index (χ1n) is 11.3. The summed E-state index contributed by atoms with van der Waals surface area (Å²) in [5, 5.41) is 2.94. The Morgan fingerprint density at radius 3 is 2.24 bits per heavy atom. The summed E-state index contributed by atoms with van der Waals surface area (Å²) in [6.45, 7) is 7.06. The van der Waals surface area contributed by atoms with Gasteiger partial charge in [0.15, 0.2) is 0 Å². The summed E-state index contributed by atoms with van der Waals surface area (Å²) in [5.74, 6) is 0.412. The van der Waals surface area contributed by atoms with Crippen molar-refractivity contribution in [1.29, 1.82) is 0 Å². The zero-order valence-corrected chi connectivity index (χ0v) is 20.8. The van der Waals surface area contributed by atoms with E-state index in [1.165, 1.54) is 4.31 Å². The van der Waals surface area contributed by atoms with Gasteiger partial charge in [0.05, 0.1) is 12.0 Å². The zero-order valence-electron chi connectivity index (χ0n) is 20.0. The molecule has 0 atom stereocenters. The summed E-state index contributed by atoms with van der Waals surface area (Å²) in [5.41, 5.74) is 4.39. The van der Waals surface area contributed by atoms with Gasteiger partial charge in [-0.15, -0.1) is 0 Å². The molecule has 0 spiro atoms. The minimum absolute atomic E-state index is 0.0194. The third-order valence-electron chi connectivity index (χ3n) is 6.15. The number of amides is 1. The van der Waals surface area contributed by atoms with Crippen LogP contribution in [0, 0.1) is 0 Å². The Kier molecular flexibility index (Phi) is 6.51. The first-order chi connectivity index (χ1) is 16.1. The Bertz CT molecular complexity index is 1290. The number of nitrogens with one attached hydrogen (secondary N) is 1. The molecule has 4 rings (SSSR count). The van der Waals surface area contributed by atoms with Crippen molar-refractivity contribution in [2.75, 3.05) is 19.0 Å². The Hall–Kier alpha value is -3.16. The maximum Gasteiger partial charge on any atom is 0.255 e. The van der Waals surface area contributed by atoms with E-state index in [2.05, 4.69) is 26.1 Å². The topological polar surface area (TPSA) is 75.7 Å². The summed E-state index contributed by atoms with van der Waals surface area (Å²) in [6, 6.07) is 19.7. The van der Waals surface area contributed by atoms with Gasteiger partial charge in [-0.2, -0.15) is 4.31 Å². The number of ether oxygens (including phenoxy) is 1. The Morgan fingerprint density at radius 2 is 1.62 bits per heavy atom. The fourth-order valence-electron chi connectivity index (χ4n) is 4.04. The van der Waals surface area contributed by atoms with Gasteiger partial charge in [-0.3, -0.25) is 4.79 Å². The van der Waals surface area contributed by atoms with E-state index in [9.17, 15) is 13.2 Å². The second-order valence-electron chi connectivity index (χ2n) is 9.53. The van der Waals surface area contributed by atoms with Gasteiger partial charge in [0, 0.05) is 24.3 Å². The molecular formula is C27H30N2O4S. The van der Waals surface area contributed by atoms with E-state index >= 15 is 0 Å². The first kappa shape index (κ1) is 24.0. The molecule has 6 nitrogen and oxygen atoms in total. The number of sulfonamides is 1. The smallest absolute Gasteiger partial charge is 0.255 e. The van der Waals surface area contributed by atoms with Crippen LogP contribution in [-0.4, -0.2) is 32.3 Å². The van der Waals surface area contributed by atoms with Crippen LogP contribution in [0.5, 0.6) is 5.75 Å². The van der Waals surface area contributed by atoms with E-state index in [0.29, 0.717) is 30.0 Å². The highest BCUT2D eigenvalue weighted by molar-refractivity contribution is 7.89. The van der Waals surface area contributed by atoms with Crippen LogP contribution in [0.1, 0.15) is 47.8 Å². The van der Waals surface area contributed by atoms with Gasteiger partial charge < -0.3 is 10.1 Å². The summed E-state index contributed by atoms with van der Waals surface area (Å²) < 4.78 is 32.9. The quantitative estimate of drug-likeness (QED) is 0.560. The molecule has 1 amide bonds. The van der Waals surface area contributed by atoms with Crippen molar-refractivity contribution in [3.8, 4) is 5.75 Å². The fourth-order valence-corrected chi connectivity index (χ4v) is 5.45.